The largest absolute Gasteiger partial charge is 0.507 e. The Bertz CT molecular complexity index is 1570. The molecule has 1 aliphatic rings. The predicted octanol–water partition coefficient (Wildman–Crippen LogP) is 6.34. The molecule has 5 rings (SSSR count). The van der Waals surface area contributed by atoms with Gasteiger partial charge in [0, 0.05) is 5.56 Å². The number of aliphatic hydroxyl groups excluding tert-OH is 1. The Hall–Kier alpha value is -4.17. The molecule has 8 heteroatoms. The average molecular weight is 529 g/mol. The molecule has 0 radical (unpaired) electrons. The first-order valence-electron chi connectivity index (χ1n) is 12.4. The zero-order chi connectivity index (χ0) is 27.0. The van der Waals surface area contributed by atoms with Gasteiger partial charge in [-0.15, -0.1) is 0 Å². The molecule has 1 atom stereocenters. The number of amides is 1. The highest BCUT2D eigenvalue weighted by atomic mass is 32.1. The summed E-state index contributed by atoms with van der Waals surface area (Å²) in [6.45, 7) is 6.54. The molecule has 0 saturated carbocycles. The number of fused-ring (bicyclic) bond motifs is 1. The first-order chi connectivity index (χ1) is 18.3. The summed E-state index contributed by atoms with van der Waals surface area (Å²) in [6, 6.07) is 17.2. The zero-order valence-electron chi connectivity index (χ0n) is 21.6. The molecule has 1 fully saturated rings. The average Bonchev–Trinajstić information content (AvgIpc) is 3.45. The number of hydrogen-bond donors (Lipinski definition) is 1. The van der Waals surface area contributed by atoms with Crippen molar-refractivity contribution in [3.63, 3.8) is 0 Å². The van der Waals surface area contributed by atoms with Gasteiger partial charge < -0.3 is 14.6 Å². The fourth-order valence-corrected chi connectivity index (χ4v) is 5.87. The van der Waals surface area contributed by atoms with Crippen LogP contribution in [0.1, 0.15) is 41.6 Å². The van der Waals surface area contributed by atoms with Crippen LogP contribution in [0.15, 0.2) is 66.2 Å². The van der Waals surface area contributed by atoms with E-state index in [1.165, 1.54) is 16.2 Å². The molecule has 1 N–H and O–H groups in total. The Labute approximate surface area is 225 Å². The number of methoxy groups -OCH3 is 1. The van der Waals surface area contributed by atoms with Crippen LogP contribution >= 0.6 is 11.3 Å². The second kappa shape index (κ2) is 10.3. The number of Topliss-reactive ketones (excluding diaryl/α,β-unsaturated/α-hetero) is 1. The lowest BCUT2D eigenvalue weighted by molar-refractivity contribution is -0.132. The van der Waals surface area contributed by atoms with Gasteiger partial charge in [0.15, 0.2) is 5.13 Å². The van der Waals surface area contributed by atoms with Crippen molar-refractivity contribution in [1.82, 2.24) is 4.98 Å². The number of carbonyl (C=O) groups is 2. The molecule has 3 aromatic carbocycles. The topological polar surface area (TPSA) is 89.0 Å². The number of carbonyl (C=O) groups excluding carboxylic acids is 2. The predicted molar refractivity (Wildman–Crippen MR) is 149 cm³/mol. The molecule has 1 aromatic heterocycles. The van der Waals surface area contributed by atoms with Gasteiger partial charge in [-0.25, -0.2) is 4.98 Å². The van der Waals surface area contributed by atoms with Crippen LogP contribution in [0.25, 0.3) is 16.0 Å². The van der Waals surface area contributed by atoms with Crippen molar-refractivity contribution in [1.29, 1.82) is 0 Å². The number of rotatable bonds is 7. The number of hydrogen-bond acceptors (Lipinski definition) is 7. The van der Waals surface area contributed by atoms with Crippen molar-refractivity contribution in [2.75, 3.05) is 18.6 Å². The summed E-state index contributed by atoms with van der Waals surface area (Å²) in [4.78, 5) is 33.3. The summed E-state index contributed by atoms with van der Waals surface area (Å²) in [5.74, 6) is -0.533. The molecular formula is C30H28N2O5S. The molecular weight excluding hydrogens is 500 g/mol. The molecule has 2 heterocycles. The monoisotopic (exact) mass is 528 g/mol. The van der Waals surface area contributed by atoms with Crippen LogP contribution in [0.5, 0.6) is 11.5 Å². The highest BCUT2D eigenvalue weighted by Gasteiger charge is 2.48. The highest BCUT2D eigenvalue weighted by molar-refractivity contribution is 7.22. The minimum atomic E-state index is -0.885. The van der Waals surface area contributed by atoms with E-state index in [-0.39, 0.29) is 11.3 Å². The van der Waals surface area contributed by atoms with Crippen LogP contribution < -0.4 is 14.4 Å². The summed E-state index contributed by atoms with van der Waals surface area (Å²) in [5.41, 5.74) is 3.90. The van der Waals surface area contributed by atoms with Gasteiger partial charge in [-0.05, 0) is 79.4 Å². The Morgan fingerprint density at radius 2 is 1.82 bits per heavy atom. The summed E-state index contributed by atoms with van der Waals surface area (Å²) >= 11 is 1.35. The van der Waals surface area contributed by atoms with E-state index in [9.17, 15) is 14.7 Å². The van der Waals surface area contributed by atoms with Crippen molar-refractivity contribution in [3.8, 4) is 11.5 Å². The first kappa shape index (κ1) is 25.5. The Balaban J connectivity index is 1.71. The van der Waals surface area contributed by atoms with Crippen molar-refractivity contribution in [3.05, 3.63) is 88.5 Å². The van der Waals surface area contributed by atoms with Crippen molar-refractivity contribution >= 4 is 44.1 Å². The van der Waals surface area contributed by atoms with E-state index >= 15 is 0 Å². The lowest BCUT2D eigenvalue weighted by atomic mass is 9.95. The molecule has 0 bridgehead atoms. The van der Waals surface area contributed by atoms with Gasteiger partial charge >= 0.3 is 5.91 Å². The van der Waals surface area contributed by atoms with Crippen molar-refractivity contribution in [2.45, 2.75) is 33.2 Å². The standard InChI is InChI=1S/C30H28N2O5S/c1-5-13-37-22-8-6-7-20(16-22)26-24(27(33)19-9-11-21(36-4)12-10-19)28(34)29(35)32(26)30-31-25-18(3)14-17(2)15-23(25)38-30/h6-12,14-16,26,33H,5,13H2,1-4H3/b27-24+. The van der Waals surface area contributed by atoms with Gasteiger partial charge in [-0.1, -0.05) is 36.5 Å². The summed E-state index contributed by atoms with van der Waals surface area (Å²) in [7, 11) is 1.55. The summed E-state index contributed by atoms with van der Waals surface area (Å²) in [6.07, 6.45) is 0.838. The number of aliphatic hydroxyl groups is 1. The number of anilines is 1. The zero-order valence-corrected chi connectivity index (χ0v) is 22.5. The molecule has 194 valence electrons. The van der Waals surface area contributed by atoms with Gasteiger partial charge in [0.05, 0.1) is 35.5 Å². The molecule has 0 aliphatic carbocycles. The molecule has 1 aliphatic heterocycles. The van der Waals surface area contributed by atoms with Gasteiger partial charge in [0.2, 0.25) is 0 Å². The smallest absolute Gasteiger partial charge is 0.301 e. The van der Waals surface area contributed by atoms with Crippen LogP contribution in [-0.2, 0) is 9.59 Å². The van der Waals surface area contributed by atoms with Gasteiger partial charge in [-0.2, -0.15) is 0 Å². The maximum absolute atomic E-state index is 13.6. The number of ether oxygens (including phenoxy) is 2. The maximum atomic E-state index is 13.6. The Morgan fingerprint density at radius 1 is 1.05 bits per heavy atom. The molecule has 38 heavy (non-hydrogen) atoms. The maximum Gasteiger partial charge on any atom is 0.301 e. The highest BCUT2D eigenvalue weighted by Crippen LogP contribution is 2.45. The van der Waals surface area contributed by atoms with E-state index in [1.807, 2.05) is 57.2 Å². The number of ketones is 1. The molecule has 4 aromatic rings. The lowest BCUT2D eigenvalue weighted by Crippen LogP contribution is -2.29. The SMILES string of the molecule is CCCOc1cccc(C2/C(=C(\O)c3ccc(OC)cc3)C(=O)C(=O)N2c2nc3c(C)cc(C)cc3s2)c1. The normalized spacial score (nSPS) is 16.8. The molecule has 1 saturated heterocycles. The second-order valence-electron chi connectivity index (χ2n) is 9.24. The fourth-order valence-electron chi connectivity index (χ4n) is 4.71. The number of thiazole rings is 1. The third-order valence-corrected chi connectivity index (χ3v) is 7.48. The lowest BCUT2D eigenvalue weighted by Gasteiger charge is -2.23. The van der Waals surface area contributed by atoms with Crippen LogP contribution in [0, 0.1) is 13.8 Å². The third-order valence-electron chi connectivity index (χ3n) is 6.48. The van der Waals surface area contributed by atoms with Crippen molar-refractivity contribution in [2.24, 2.45) is 0 Å². The summed E-state index contributed by atoms with van der Waals surface area (Å²) in [5, 5.41) is 11.8. The van der Waals surface area contributed by atoms with Crippen LogP contribution in [0.3, 0.4) is 0 Å². The van der Waals surface area contributed by atoms with Crippen LogP contribution in [0.4, 0.5) is 5.13 Å². The second-order valence-corrected chi connectivity index (χ2v) is 10.3. The van der Waals surface area contributed by atoms with Gasteiger partial charge in [0.25, 0.3) is 5.78 Å². The number of benzene rings is 3. The third kappa shape index (κ3) is 4.52. The molecule has 1 unspecified atom stereocenters. The Morgan fingerprint density at radius 3 is 2.53 bits per heavy atom. The summed E-state index contributed by atoms with van der Waals surface area (Å²) < 4.78 is 12.0. The van der Waals surface area contributed by atoms with Gasteiger partial charge in [-0.3, -0.25) is 14.5 Å². The van der Waals surface area contributed by atoms with E-state index in [2.05, 4.69) is 0 Å². The Kier molecular flexibility index (Phi) is 6.91. The van der Waals surface area contributed by atoms with Gasteiger partial charge in [0.1, 0.15) is 17.3 Å². The van der Waals surface area contributed by atoms with Crippen LogP contribution in [0.2, 0.25) is 0 Å². The molecule has 0 spiro atoms. The van der Waals surface area contributed by atoms with E-state index in [4.69, 9.17) is 14.5 Å². The van der Waals surface area contributed by atoms with E-state index in [0.29, 0.717) is 34.4 Å². The fraction of sp³-hybridized carbons (Fsp3) is 0.233. The first-order valence-corrected chi connectivity index (χ1v) is 13.2. The number of aromatic nitrogens is 1. The van der Waals surface area contributed by atoms with E-state index in [0.717, 1.165) is 27.8 Å². The van der Waals surface area contributed by atoms with Crippen LogP contribution in [-0.4, -0.2) is 35.5 Å². The van der Waals surface area contributed by atoms with Crippen molar-refractivity contribution < 1.29 is 24.2 Å². The van der Waals surface area contributed by atoms with E-state index in [1.54, 1.807) is 31.4 Å². The number of nitrogens with zero attached hydrogens (tertiary/aromatic N) is 2. The minimum absolute atomic E-state index is 0.0000306. The minimum Gasteiger partial charge on any atom is -0.507 e. The van der Waals surface area contributed by atoms with E-state index < -0.39 is 17.7 Å². The molecule has 7 nitrogen and oxygen atoms in total. The molecule has 1 amide bonds. The quantitative estimate of drug-likeness (QED) is 0.171. The number of aryl methyl sites for hydroxylation is 2.